The third-order valence-corrected chi connectivity index (χ3v) is 4.30. The summed E-state index contributed by atoms with van der Waals surface area (Å²) in [5.41, 5.74) is 2.61. The zero-order valence-corrected chi connectivity index (χ0v) is 14.4. The number of para-hydroxylation sites is 2. The van der Waals surface area contributed by atoms with Gasteiger partial charge in [0.2, 0.25) is 5.88 Å². The lowest BCUT2D eigenvalue weighted by Crippen LogP contribution is -2.05. The summed E-state index contributed by atoms with van der Waals surface area (Å²) >= 11 is 3.37. The molecular weight excluding hydrogens is 386 g/mol. The maximum Gasteiger partial charge on any atom is 0.284 e. The number of fused-ring (bicyclic) bond motifs is 2. The maximum atomic E-state index is 12.2. The van der Waals surface area contributed by atoms with E-state index in [1.165, 1.54) is 0 Å². The second kappa shape index (κ2) is 6.14. The van der Waals surface area contributed by atoms with Gasteiger partial charge in [0.15, 0.2) is 5.69 Å². The van der Waals surface area contributed by atoms with Crippen LogP contribution in [0.3, 0.4) is 0 Å². The molecule has 0 unspecified atom stereocenters. The SMILES string of the molecule is O=C(Cn1cnc2ccccc21)N=Nc1c(O)[nH]c2ccc(Br)cc12. The predicted molar refractivity (Wildman–Crippen MR) is 96.9 cm³/mol. The van der Waals surface area contributed by atoms with Gasteiger partial charge in [-0.05, 0) is 30.3 Å². The van der Waals surface area contributed by atoms with Crippen LogP contribution < -0.4 is 0 Å². The second-order valence-corrected chi connectivity index (χ2v) is 6.38. The number of nitrogens with zero attached hydrogens (tertiary/aromatic N) is 4. The molecule has 0 atom stereocenters. The molecule has 0 bridgehead atoms. The first-order chi connectivity index (χ1) is 12.1. The Balaban J connectivity index is 1.60. The Kier molecular flexibility index (Phi) is 3.81. The highest BCUT2D eigenvalue weighted by Crippen LogP contribution is 2.36. The third-order valence-electron chi connectivity index (χ3n) is 3.81. The van der Waals surface area contributed by atoms with Crippen molar-refractivity contribution in [3.05, 3.63) is 53.3 Å². The van der Waals surface area contributed by atoms with Gasteiger partial charge in [0.05, 0.1) is 22.9 Å². The Bertz CT molecular complexity index is 1130. The molecular formula is C17H12BrN5O2. The molecule has 0 fully saturated rings. The first-order valence-electron chi connectivity index (χ1n) is 7.46. The highest BCUT2D eigenvalue weighted by molar-refractivity contribution is 9.10. The van der Waals surface area contributed by atoms with Gasteiger partial charge in [-0.1, -0.05) is 28.1 Å². The molecule has 0 saturated heterocycles. The van der Waals surface area contributed by atoms with E-state index in [4.69, 9.17) is 0 Å². The molecule has 0 aliphatic heterocycles. The molecule has 0 saturated carbocycles. The molecule has 7 nitrogen and oxygen atoms in total. The Labute approximate surface area is 150 Å². The van der Waals surface area contributed by atoms with Crippen LogP contribution in [0.2, 0.25) is 0 Å². The number of amides is 1. The largest absolute Gasteiger partial charge is 0.493 e. The fraction of sp³-hybridized carbons (Fsp3) is 0.0588. The molecule has 0 aliphatic carbocycles. The van der Waals surface area contributed by atoms with Gasteiger partial charge in [0, 0.05) is 9.86 Å². The third kappa shape index (κ3) is 2.91. The second-order valence-electron chi connectivity index (χ2n) is 5.47. The fourth-order valence-electron chi connectivity index (χ4n) is 2.66. The Morgan fingerprint density at radius 3 is 3.00 bits per heavy atom. The number of benzene rings is 2. The van der Waals surface area contributed by atoms with E-state index in [0.717, 1.165) is 15.5 Å². The standard InChI is InChI=1S/C17H12BrN5O2/c18-10-5-6-12-11(7-10)16(17(25)20-12)22-21-15(24)8-23-9-19-13-3-1-2-4-14(13)23/h1-7,9,20,25H,8H2. The van der Waals surface area contributed by atoms with Gasteiger partial charge in [-0.15, -0.1) is 10.2 Å². The van der Waals surface area contributed by atoms with Crippen LogP contribution >= 0.6 is 15.9 Å². The number of aromatic amines is 1. The molecule has 0 aliphatic rings. The van der Waals surface area contributed by atoms with Crippen molar-refractivity contribution in [2.45, 2.75) is 6.54 Å². The fourth-order valence-corrected chi connectivity index (χ4v) is 3.02. The van der Waals surface area contributed by atoms with Gasteiger partial charge in [-0.2, -0.15) is 0 Å². The number of H-pyrrole nitrogens is 1. The number of rotatable bonds is 3. The van der Waals surface area contributed by atoms with Gasteiger partial charge >= 0.3 is 0 Å². The summed E-state index contributed by atoms with van der Waals surface area (Å²) < 4.78 is 2.55. The lowest BCUT2D eigenvalue weighted by atomic mass is 10.2. The quantitative estimate of drug-likeness (QED) is 0.504. The molecule has 2 aromatic heterocycles. The number of nitrogens with one attached hydrogen (secondary N) is 1. The number of aromatic nitrogens is 3. The number of imidazole rings is 1. The predicted octanol–water partition coefficient (Wildman–Crippen LogP) is 4.30. The molecule has 2 aromatic carbocycles. The Morgan fingerprint density at radius 1 is 1.28 bits per heavy atom. The molecule has 1 amide bonds. The van der Waals surface area contributed by atoms with Crippen LogP contribution in [0.4, 0.5) is 5.69 Å². The number of hydrogen-bond acceptors (Lipinski definition) is 4. The van der Waals surface area contributed by atoms with E-state index in [1.54, 1.807) is 23.0 Å². The van der Waals surface area contributed by atoms with E-state index in [1.807, 2.05) is 30.3 Å². The lowest BCUT2D eigenvalue weighted by molar-refractivity contribution is -0.118. The van der Waals surface area contributed by atoms with Crippen LogP contribution in [0.1, 0.15) is 0 Å². The van der Waals surface area contributed by atoms with Crippen LogP contribution in [0.5, 0.6) is 5.88 Å². The average Bonchev–Trinajstić information content (AvgIpc) is 3.14. The molecule has 0 radical (unpaired) electrons. The van der Waals surface area contributed by atoms with E-state index in [9.17, 15) is 9.90 Å². The summed E-state index contributed by atoms with van der Waals surface area (Å²) in [6.07, 6.45) is 1.60. The van der Waals surface area contributed by atoms with Crippen molar-refractivity contribution in [2.24, 2.45) is 10.2 Å². The van der Waals surface area contributed by atoms with Gasteiger partial charge in [0.25, 0.3) is 5.91 Å². The summed E-state index contributed by atoms with van der Waals surface area (Å²) in [4.78, 5) is 19.2. The molecule has 124 valence electrons. The molecule has 4 rings (SSSR count). The van der Waals surface area contributed by atoms with Crippen LogP contribution in [0.15, 0.2) is 63.5 Å². The number of hydrogen-bond donors (Lipinski definition) is 2. The topological polar surface area (TPSA) is 95.6 Å². The van der Waals surface area contributed by atoms with Crippen molar-refractivity contribution in [1.82, 2.24) is 14.5 Å². The number of carbonyl (C=O) groups excluding carboxylic acids is 1. The van der Waals surface area contributed by atoms with Crippen molar-refractivity contribution in [1.29, 1.82) is 0 Å². The van der Waals surface area contributed by atoms with E-state index in [2.05, 4.69) is 36.1 Å². The van der Waals surface area contributed by atoms with Gasteiger partial charge < -0.3 is 14.7 Å². The molecule has 2 heterocycles. The molecule has 8 heteroatoms. The van der Waals surface area contributed by atoms with E-state index < -0.39 is 5.91 Å². The monoisotopic (exact) mass is 397 g/mol. The van der Waals surface area contributed by atoms with Gasteiger partial charge in [0.1, 0.15) is 6.54 Å². The zero-order chi connectivity index (χ0) is 17.4. The Hall–Kier alpha value is -3.00. The van der Waals surface area contributed by atoms with Gasteiger partial charge in [-0.3, -0.25) is 4.79 Å². The van der Waals surface area contributed by atoms with Crippen LogP contribution in [-0.4, -0.2) is 25.5 Å². The smallest absolute Gasteiger partial charge is 0.284 e. The van der Waals surface area contributed by atoms with Crippen LogP contribution in [0, 0.1) is 0 Å². The molecule has 0 spiro atoms. The van der Waals surface area contributed by atoms with E-state index in [-0.39, 0.29) is 18.1 Å². The first-order valence-corrected chi connectivity index (χ1v) is 8.26. The minimum Gasteiger partial charge on any atom is -0.493 e. The van der Waals surface area contributed by atoms with Crippen LogP contribution in [0.25, 0.3) is 21.9 Å². The van der Waals surface area contributed by atoms with Crippen molar-refractivity contribution in [3.8, 4) is 5.88 Å². The average molecular weight is 398 g/mol. The summed E-state index contributed by atoms with van der Waals surface area (Å²) in [6.45, 7) is 0.0246. The number of aromatic hydroxyl groups is 1. The molecule has 25 heavy (non-hydrogen) atoms. The maximum absolute atomic E-state index is 12.2. The number of halogens is 1. The van der Waals surface area contributed by atoms with Crippen molar-refractivity contribution in [3.63, 3.8) is 0 Å². The highest BCUT2D eigenvalue weighted by atomic mass is 79.9. The lowest BCUT2D eigenvalue weighted by Gasteiger charge is -1.99. The van der Waals surface area contributed by atoms with Crippen molar-refractivity contribution in [2.75, 3.05) is 0 Å². The summed E-state index contributed by atoms with van der Waals surface area (Å²) in [6, 6.07) is 13.0. The summed E-state index contributed by atoms with van der Waals surface area (Å²) in [5.74, 6) is -0.565. The first kappa shape index (κ1) is 15.5. The van der Waals surface area contributed by atoms with Crippen LogP contribution in [-0.2, 0) is 11.3 Å². The van der Waals surface area contributed by atoms with E-state index in [0.29, 0.717) is 10.9 Å². The summed E-state index contributed by atoms with van der Waals surface area (Å²) in [5, 5.41) is 18.3. The highest BCUT2D eigenvalue weighted by Gasteiger charge is 2.12. The minimum absolute atomic E-state index is 0.0246. The van der Waals surface area contributed by atoms with Crippen molar-refractivity contribution >= 4 is 49.5 Å². The summed E-state index contributed by atoms with van der Waals surface area (Å²) in [7, 11) is 0. The minimum atomic E-state index is -0.438. The number of azo groups is 1. The Morgan fingerprint density at radius 2 is 2.12 bits per heavy atom. The van der Waals surface area contributed by atoms with Crippen molar-refractivity contribution < 1.29 is 9.90 Å². The van der Waals surface area contributed by atoms with E-state index >= 15 is 0 Å². The zero-order valence-electron chi connectivity index (χ0n) is 12.8. The van der Waals surface area contributed by atoms with Gasteiger partial charge in [-0.25, -0.2) is 4.98 Å². The normalized spacial score (nSPS) is 11.7. The number of carbonyl (C=O) groups is 1. The molecule has 2 N–H and O–H groups in total. The molecule has 4 aromatic rings.